The predicted molar refractivity (Wildman–Crippen MR) is 51.9 cm³/mol. The number of ether oxygens (including phenoxy) is 1. The van der Waals surface area contributed by atoms with Gasteiger partial charge in [0.2, 0.25) is 0 Å². The van der Waals surface area contributed by atoms with Crippen LogP contribution in [0.4, 0.5) is 0 Å². The van der Waals surface area contributed by atoms with Crippen LogP contribution in [0, 0.1) is 0 Å². The summed E-state index contributed by atoms with van der Waals surface area (Å²) in [6, 6.07) is 0. The number of methoxy groups -OCH3 is 1. The zero-order chi connectivity index (χ0) is 9.61. The first-order valence-corrected chi connectivity index (χ1v) is 4.17. The van der Waals surface area contributed by atoms with Crippen molar-refractivity contribution in [3.8, 4) is 0 Å². The van der Waals surface area contributed by atoms with Gasteiger partial charge in [-0.1, -0.05) is 0 Å². The van der Waals surface area contributed by atoms with Gasteiger partial charge in [-0.25, -0.2) is 0 Å². The SMILES string of the molecule is C=C(NCCNC(C)(C)C)OC. The molecular formula is C9H20N2O. The standard InChI is InChI=1S/C9H20N2O/c1-8(12-5)10-6-7-11-9(2,3)4/h10-11H,1,6-7H2,2-5H3. The first-order valence-electron chi connectivity index (χ1n) is 4.17. The molecule has 0 saturated carbocycles. The molecule has 0 aromatic rings. The monoisotopic (exact) mass is 172 g/mol. The second kappa shape index (κ2) is 5.04. The quantitative estimate of drug-likeness (QED) is 0.481. The van der Waals surface area contributed by atoms with E-state index in [2.05, 4.69) is 38.0 Å². The molecule has 0 fully saturated rings. The average molecular weight is 172 g/mol. The van der Waals surface area contributed by atoms with Crippen LogP contribution in [-0.2, 0) is 4.74 Å². The minimum atomic E-state index is 0.177. The summed E-state index contributed by atoms with van der Waals surface area (Å²) < 4.78 is 4.85. The van der Waals surface area contributed by atoms with E-state index in [0.717, 1.165) is 13.1 Å². The first-order chi connectivity index (χ1) is 5.45. The van der Waals surface area contributed by atoms with E-state index in [9.17, 15) is 0 Å². The molecule has 0 heterocycles. The Morgan fingerprint density at radius 2 is 1.92 bits per heavy atom. The molecule has 0 saturated heterocycles. The lowest BCUT2D eigenvalue weighted by molar-refractivity contribution is 0.262. The molecule has 0 aliphatic carbocycles. The van der Waals surface area contributed by atoms with Gasteiger partial charge in [-0.2, -0.15) is 0 Å². The van der Waals surface area contributed by atoms with E-state index in [0.29, 0.717) is 5.88 Å². The van der Waals surface area contributed by atoms with Crippen LogP contribution in [0.25, 0.3) is 0 Å². The molecule has 3 nitrogen and oxygen atoms in total. The van der Waals surface area contributed by atoms with Crippen molar-refractivity contribution < 1.29 is 4.74 Å². The molecule has 0 unspecified atom stereocenters. The van der Waals surface area contributed by atoms with E-state index in [-0.39, 0.29) is 5.54 Å². The normalized spacial score (nSPS) is 11.0. The number of hydrogen-bond acceptors (Lipinski definition) is 3. The zero-order valence-corrected chi connectivity index (χ0v) is 8.53. The van der Waals surface area contributed by atoms with Crippen molar-refractivity contribution in [3.63, 3.8) is 0 Å². The summed E-state index contributed by atoms with van der Waals surface area (Å²) in [5.74, 6) is 0.616. The largest absolute Gasteiger partial charge is 0.483 e. The Labute approximate surface area is 75.2 Å². The number of nitrogens with one attached hydrogen (secondary N) is 2. The highest BCUT2D eigenvalue weighted by atomic mass is 16.5. The van der Waals surface area contributed by atoms with Crippen molar-refractivity contribution in [1.29, 1.82) is 0 Å². The molecule has 0 spiro atoms. The van der Waals surface area contributed by atoms with Gasteiger partial charge < -0.3 is 15.4 Å². The molecule has 0 atom stereocenters. The maximum Gasteiger partial charge on any atom is 0.178 e. The van der Waals surface area contributed by atoms with Crippen molar-refractivity contribution in [2.24, 2.45) is 0 Å². The van der Waals surface area contributed by atoms with Gasteiger partial charge in [-0.15, -0.1) is 0 Å². The molecule has 0 aromatic carbocycles. The third kappa shape index (κ3) is 7.41. The smallest absolute Gasteiger partial charge is 0.178 e. The Balaban J connectivity index is 3.28. The molecule has 0 radical (unpaired) electrons. The Bertz CT molecular complexity index is 138. The molecule has 2 N–H and O–H groups in total. The highest BCUT2D eigenvalue weighted by Gasteiger charge is 2.06. The molecule has 3 heteroatoms. The fourth-order valence-electron chi connectivity index (χ4n) is 0.712. The van der Waals surface area contributed by atoms with E-state index in [4.69, 9.17) is 4.74 Å². The lowest BCUT2D eigenvalue weighted by Crippen LogP contribution is -2.40. The highest BCUT2D eigenvalue weighted by molar-refractivity contribution is 4.79. The average Bonchev–Trinajstić information content (AvgIpc) is 1.96. The molecule has 0 amide bonds. The zero-order valence-electron chi connectivity index (χ0n) is 8.53. The summed E-state index contributed by atoms with van der Waals surface area (Å²) in [6.07, 6.45) is 0. The topological polar surface area (TPSA) is 33.3 Å². The third-order valence-corrected chi connectivity index (χ3v) is 1.35. The molecule has 0 aliphatic heterocycles. The van der Waals surface area contributed by atoms with Crippen LogP contribution in [0.1, 0.15) is 20.8 Å². The van der Waals surface area contributed by atoms with Crippen LogP contribution in [0.15, 0.2) is 12.5 Å². The van der Waals surface area contributed by atoms with Crippen molar-refractivity contribution in [2.75, 3.05) is 20.2 Å². The van der Waals surface area contributed by atoms with Gasteiger partial charge in [0, 0.05) is 18.6 Å². The molecule has 72 valence electrons. The van der Waals surface area contributed by atoms with Gasteiger partial charge in [0.15, 0.2) is 5.88 Å². The van der Waals surface area contributed by atoms with Crippen LogP contribution < -0.4 is 10.6 Å². The molecule has 0 rings (SSSR count). The summed E-state index contributed by atoms with van der Waals surface area (Å²) >= 11 is 0. The predicted octanol–water partition coefficient (Wildman–Crippen LogP) is 1.08. The molecule has 0 aliphatic rings. The van der Waals surface area contributed by atoms with Crippen molar-refractivity contribution >= 4 is 0 Å². The fraction of sp³-hybridized carbons (Fsp3) is 0.778. The second-order valence-corrected chi connectivity index (χ2v) is 3.73. The van der Waals surface area contributed by atoms with Gasteiger partial charge in [-0.05, 0) is 27.4 Å². The summed E-state index contributed by atoms with van der Waals surface area (Å²) in [5, 5.41) is 6.37. The Morgan fingerprint density at radius 3 is 2.33 bits per heavy atom. The first kappa shape index (κ1) is 11.3. The summed E-state index contributed by atoms with van der Waals surface area (Å²) in [6.45, 7) is 11.8. The Kier molecular flexibility index (Phi) is 4.74. The van der Waals surface area contributed by atoms with E-state index in [1.807, 2.05) is 0 Å². The maximum absolute atomic E-state index is 4.85. The third-order valence-electron chi connectivity index (χ3n) is 1.35. The molecule has 0 bridgehead atoms. The Hall–Kier alpha value is -0.700. The summed E-state index contributed by atoms with van der Waals surface area (Å²) in [5.41, 5.74) is 0.177. The maximum atomic E-state index is 4.85. The van der Waals surface area contributed by atoms with E-state index < -0.39 is 0 Å². The van der Waals surface area contributed by atoms with Crippen molar-refractivity contribution in [1.82, 2.24) is 10.6 Å². The van der Waals surface area contributed by atoms with Gasteiger partial charge in [0.25, 0.3) is 0 Å². The molecular weight excluding hydrogens is 152 g/mol. The number of rotatable bonds is 5. The number of hydrogen-bond donors (Lipinski definition) is 2. The van der Waals surface area contributed by atoms with Crippen molar-refractivity contribution in [2.45, 2.75) is 26.3 Å². The van der Waals surface area contributed by atoms with Gasteiger partial charge in [-0.3, -0.25) is 0 Å². The van der Waals surface area contributed by atoms with Crippen molar-refractivity contribution in [3.05, 3.63) is 12.5 Å². The van der Waals surface area contributed by atoms with Crippen LogP contribution in [0.2, 0.25) is 0 Å². The van der Waals surface area contributed by atoms with Gasteiger partial charge in [0.1, 0.15) is 0 Å². The lowest BCUT2D eigenvalue weighted by atomic mass is 10.1. The summed E-state index contributed by atoms with van der Waals surface area (Å²) in [4.78, 5) is 0. The minimum Gasteiger partial charge on any atom is -0.483 e. The highest BCUT2D eigenvalue weighted by Crippen LogP contribution is 1.96. The Morgan fingerprint density at radius 1 is 1.33 bits per heavy atom. The van der Waals surface area contributed by atoms with E-state index >= 15 is 0 Å². The lowest BCUT2D eigenvalue weighted by Gasteiger charge is -2.20. The van der Waals surface area contributed by atoms with E-state index in [1.165, 1.54) is 0 Å². The fourth-order valence-corrected chi connectivity index (χ4v) is 0.712. The van der Waals surface area contributed by atoms with Crippen LogP contribution >= 0.6 is 0 Å². The molecule has 0 aromatic heterocycles. The summed E-state index contributed by atoms with van der Waals surface area (Å²) in [7, 11) is 1.60. The van der Waals surface area contributed by atoms with Gasteiger partial charge in [0.05, 0.1) is 7.11 Å². The van der Waals surface area contributed by atoms with Gasteiger partial charge >= 0.3 is 0 Å². The van der Waals surface area contributed by atoms with E-state index in [1.54, 1.807) is 7.11 Å². The van der Waals surface area contributed by atoms with Crippen LogP contribution in [0.3, 0.4) is 0 Å². The van der Waals surface area contributed by atoms with Crippen LogP contribution in [-0.4, -0.2) is 25.7 Å². The second-order valence-electron chi connectivity index (χ2n) is 3.73. The van der Waals surface area contributed by atoms with Crippen LogP contribution in [0.5, 0.6) is 0 Å². The molecule has 12 heavy (non-hydrogen) atoms. The minimum absolute atomic E-state index is 0.177.